The second-order valence-electron chi connectivity index (χ2n) is 3.54. The topological polar surface area (TPSA) is 53.1 Å². The fraction of sp³-hybridized carbons (Fsp3) is 0.250. The monoisotopic (exact) mass is 217 g/mol. The Morgan fingerprint density at radius 1 is 1.44 bits per heavy atom. The number of benzene rings is 1. The van der Waals surface area contributed by atoms with Crippen molar-refractivity contribution in [2.24, 2.45) is 0 Å². The Hall–Kier alpha value is -1.97. The molecule has 0 fully saturated rings. The van der Waals surface area contributed by atoms with Crippen LogP contribution in [-0.2, 0) is 6.54 Å². The van der Waals surface area contributed by atoms with Gasteiger partial charge < -0.3 is 15.0 Å². The lowest BCUT2D eigenvalue weighted by Crippen LogP contribution is -2.02. The van der Waals surface area contributed by atoms with Gasteiger partial charge in [-0.1, -0.05) is 0 Å². The Kier molecular flexibility index (Phi) is 3.10. The first kappa shape index (κ1) is 10.5. The van der Waals surface area contributed by atoms with Gasteiger partial charge in [0.25, 0.3) is 0 Å². The summed E-state index contributed by atoms with van der Waals surface area (Å²) in [7, 11) is 0. The van der Waals surface area contributed by atoms with E-state index in [1.54, 1.807) is 12.5 Å². The Balaban J connectivity index is 2.26. The molecule has 0 saturated carbocycles. The molecule has 2 rings (SSSR count). The molecule has 2 aromatic rings. The van der Waals surface area contributed by atoms with Crippen LogP contribution in [0.4, 0.5) is 5.69 Å². The molecular formula is C12H15N3O. The van der Waals surface area contributed by atoms with Gasteiger partial charge in [-0.25, -0.2) is 4.98 Å². The van der Waals surface area contributed by atoms with Crippen LogP contribution in [0.25, 0.3) is 0 Å². The first-order chi connectivity index (χ1) is 7.79. The van der Waals surface area contributed by atoms with Gasteiger partial charge in [0.05, 0.1) is 19.5 Å². The van der Waals surface area contributed by atoms with Gasteiger partial charge >= 0.3 is 0 Å². The Bertz CT molecular complexity index is 451. The summed E-state index contributed by atoms with van der Waals surface area (Å²) in [5.74, 6) is 0.880. The number of hydrogen-bond acceptors (Lipinski definition) is 3. The van der Waals surface area contributed by atoms with Gasteiger partial charge in [-0.15, -0.1) is 0 Å². The van der Waals surface area contributed by atoms with E-state index in [4.69, 9.17) is 10.5 Å². The van der Waals surface area contributed by atoms with Crippen LogP contribution in [0.2, 0.25) is 0 Å². The third-order valence-electron chi connectivity index (χ3n) is 2.30. The highest BCUT2D eigenvalue weighted by Gasteiger charge is 2.04. The minimum Gasteiger partial charge on any atom is -0.494 e. The van der Waals surface area contributed by atoms with Crippen molar-refractivity contribution in [1.29, 1.82) is 0 Å². The smallest absolute Gasteiger partial charge is 0.124 e. The van der Waals surface area contributed by atoms with Crippen molar-refractivity contribution in [3.8, 4) is 5.75 Å². The van der Waals surface area contributed by atoms with Gasteiger partial charge in [0.1, 0.15) is 5.75 Å². The average molecular weight is 217 g/mol. The van der Waals surface area contributed by atoms with Crippen LogP contribution < -0.4 is 10.5 Å². The third kappa shape index (κ3) is 2.34. The lowest BCUT2D eigenvalue weighted by molar-refractivity contribution is 0.336. The van der Waals surface area contributed by atoms with E-state index in [0.29, 0.717) is 6.61 Å². The molecule has 0 amide bonds. The predicted octanol–water partition coefficient (Wildman–Crippen LogP) is 1.91. The molecule has 1 aromatic carbocycles. The van der Waals surface area contributed by atoms with Crippen LogP contribution in [0.5, 0.6) is 5.75 Å². The predicted molar refractivity (Wildman–Crippen MR) is 63.4 cm³/mol. The van der Waals surface area contributed by atoms with Crippen molar-refractivity contribution >= 4 is 5.69 Å². The highest BCUT2D eigenvalue weighted by molar-refractivity contribution is 5.48. The maximum atomic E-state index is 5.77. The number of imidazole rings is 1. The highest BCUT2D eigenvalue weighted by atomic mass is 16.5. The summed E-state index contributed by atoms with van der Waals surface area (Å²) >= 11 is 0. The van der Waals surface area contributed by atoms with Crippen LogP contribution in [0, 0.1) is 0 Å². The fourth-order valence-electron chi connectivity index (χ4n) is 1.60. The second kappa shape index (κ2) is 4.70. The molecule has 1 heterocycles. The van der Waals surface area contributed by atoms with Crippen molar-refractivity contribution in [2.45, 2.75) is 13.5 Å². The number of hydrogen-bond donors (Lipinski definition) is 1. The zero-order valence-corrected chi connectivity index (χ0v) is 9.26. The molecule has 2 N–H and O–H groups in total. The summed E-state index contributed by atoms with van der Waals surface area (Å²) in [6.07, 6.45) is 5.45. The number of nitrogens with two attached hydrogens (primary N) is 1. The van der Waals surface area contributed by atoms with E-state index in [0.717, 1.165) is 23.5 Å². The zero-order chi connectivity index (χ0) is 11.4. The molecule has 0 bridgehead atoms. The molecule has 84 valence electrons. The normalized spacial score (nSPS) is 10.3. The summed E-state index contributed by atoms with van der Waals surface area (Å²) in [5.41, 5.74) is 7.59. The largest absolute Gasteiger partial charge is 0.494 e. The van der Waals surface area contributed by atoms with Crippen LogP contribution in [-0.4, -0.2) is 16.2 Å². The average Bonchev–Trinajstić information content (AvgIpc) is 2.75. The minimum absolute atomic E-state index is 0.654. The molecule has 1 aromatic heterocycles. The van der Waals surface area contributed by atoms with Gasteiger partial charge in [-0.05, 0) is 25.1 Å². The molecule has 0 atom stereocenters. The van der Waals surface area contributed by atoms with E-state index in [1.807, 2.05) is 35.9 Å². The Morgan fingerprint density at radius 3 is 3.00 bits per heavy atom. The SMILES string of the molecule is CCOc1ccc(N)cc1Cn1ccnc1. The van der Waals surface area contributed by atoms with Crippen molar-refractivity contribution in [2.75, 3.05) is 12.3 Å². The molecular weight excluding hydrogens is 202 g/mol. The van der Waals surface area contributed by atoms with E-state index in [-0.39, 0.29) is 0 Å². The van der Waals surface area contributed by atoms with Crippen molar-refractivity contribution in [3.63, 3.8) is 0 Å². The van der Waals surface area contributed by atoms with Crippen LogP contribution >= 0.6 is 0 Å². The molecule has 16 heavy (non-hydrogen) atoms. The van der Waals surface area contributed by atoms with Gasteiger partial charge in [0, 0.05) is 23.6 Å². The Labute approximate surface area is 94.7 Å². The maximum absolute atomic E-state index is 5.77. The molecule has 0 aliphatic carbocycles. The lowest BCUT2D eigenvalue weighted by atomic mass is 10.1. The molecule has 0 aliphatic rings. The summed E-state index contributed by atoms with van der Waals surface area (Å²) < 4.78 is 7.53. The van der Waals surface area contributed by atoms with Crippen molar-refractivity contribution in [1.82, 2.24) is 9.55 Å². The number of aromatic nitrogens is 2. The lowest BCUT2D eigenvalue weighted by Gasteiger charge is -2.11. The first-order valence-electron chi connectivity index (χ1n) is 5.26. The van der Waals surface area contributed by atoms with Crippen LogP contribution in [0.15, 0.2) is 36.9 Å². The summed E-state index contributed by atoms with van der Waals surface area (Å²) in [6.45, 7) is 3.35. The van der Waals surface area contributed by atoms with Crippen molar-refractivity contribution < 1.29 is 4.74 Å². The summed E-state index contributed by atoms with van der Waals surface area (Å²) in [4.78, 5) is 4.01. The standard InChI is InChI=1S/C12H15N3O/c1-2-16-12-4-3-11(13)7-10(12)8-15-6-5-14-9-15/h3-7,9H,2,8,13H2,1H3. The second-order valence-corrected chi connectivity index (χ2v) is 3.54. The highest BCUT2D eigenvalue weighted by Crippen LogP contribution is 2.22. The molecule has 0 saturated heterocycles. The molecule has 0 radical (unpaired) electrons. The number of rotatable bonds is 4. The maximum Gasteiger partial charge on any atom is 0.124 e. The van der Waals surface area contributed by atoms with Crippen LogP contribution in [0.3, 0.4) is 0 Å². The number of anilines is 1. The molecule has 0 unspecified atom stereocenters. The van der Waals surface area contributed by atoms with E-state index in [1.165, 1.54) is 0 Å². The summed E-state index contributed by atoms with van der Waals surface area (Å²) in [6, 6.07) is 5.69. The number of ether oxygens (including phenoxy) is 1. The minimum atomic E-state index is 0.654. The van der Waals surface area contributed by atoms with Crippen molar-refractivity contribution in [3.05, 3.63) is 42.5 Å². The van der Waals surface area contributed by atoms with Gasteiger partial charge in [-0.2, -0.15) is 0 Å². The number of nitrogen functional groups attached to an aromatic ring is 1. The van der Waals surface area contributed by atoms with Crippen LogP contribution in [0.1, 0.15) is 12.5 Å². The van der Waals surface area contributed by atoms with E-state index < -0.39 is 0 Å². The zero-order valence-electron chi connectivity index (χ0n) is 9.26. The van der Waals surface area contributed by atoms with E-state index in [9.17, 15) is 0 Å². The van der Waals surface area contributed by atoms with Gasteiger partial charge in [-0.3, -0.25) is 0 Å². The quantitative estimate of drug-likeness (QED) is 0.796. The molecule has 4 heteroatoms. The fourth-order valence-corrected chi connectivity index (χ4v) is 1.60. The van der Waals surface area contributed by atoms with Gasteiger partial charge in [0.2, 0.25) is 0 Å². The Morgan fingerprint density at radius 2 is 2.31 bits per heavy atom. The molecule has 0 spiro atoms. The van der Waals surface area contributed by atoms with E-state index in [2.05, 4.69) is 4.98 Å². The molecule has 0 aliphatic heterocycles. The van der Waals surface area contributed by atoms with Gasteiger partial charge in [0.15, 0.2) is 0 Å². The number of nitrogens with zero attached hydrogens (tertiary/aromatic N) is 2. The summed E-state index contributed by atoms with van der Waals surface area (Å²) in [5, 5.41) is 0. The van der Waals surface area contributed by atoms with E-state index >= 15 is 0 Å². The third-order valence-corrected chi connectivity index (χ3v) is 2.30. The molecule has 4 nitrogen and oxygen atoms in total. The first-order valence-corrected chi connectivity index (χ1v) is 5.26.